The maximum Gasteiger partial charge on any atom is -0.0305 e. The van der Waals surface area contributed by atoms with E-state index in [1.54, 1.807) is 0 Å². The minimum absolute atomic E-state index is 0. The van der Waals surface area contributed by atoms with E-state index in [-0.39, 0.29) is 12.3 Å². The highest BCUT2D eigenvalue weighted by atomic mass is 14.3. The lowest BCUT2D eigenvalue weighted by molar-refractivity contribution is 0.179. The first-order valence-corrected chi connectivity index (χ1v) is 4.60. The highest BCUT2D eigenvalue weighted by molar-refractivity contribution is 4.75. The zero-order valence-corrected chi connectivity index (χ0v) is 9.61. The molecule has 0 aromatic carbocycles. The molecule has 0 heterocycles. The Morgan fingerprint density at radius 2 is 1.33 bits per heavy atom. The molecule has 0 saturated heterocycles. The van der Waals surface area contributed by atoms with Crippen molar-refractivity contribution in [1.29, 1.82) is 0 Å². The molecule has 0 spiro atoms. The fourth-order valence-electron chi connectivity index (χ4n) is 1.44. The van der Waals surface area contributed by atoms with Gasteiger partial charge in [-0.2, -0.15) is 0 Å². The molecule has 2 heteroatoms. The number of hydrogen-bond donors (Lipinski definition) is 2. The van der Waals surface area contributed by atoms with Crippen LogP contribution in [-0.2, 0) is 0 Å². The number of hydrogen-bond acceptors (Lipinski definition) is 2. The Balaban J connectivity index is -0.000000405. The van der Waals surface area contributed by atoms with Gasteiger partial charge in [0.05, 0.1) is 0 Å². The van der Waals surface area contributed by atoms with E-state index < -0.39 is 0 Å². The van der Waals surface area contributed by atoms with Crippen LogP contribution in [0, 0.1) is 11.3 Å². The van der Waals surface area contributed by atoms with E-state index in [2.05, 4.69) is 34.6 Å². The molecular formula is C10H28N2. The molecule has 0 aliphatic heterocycles. The van der Waals surface area contributed by atoms with Crippen molar-refractivity contribution in [2.24, 2.45) is 11.3 Å². The lowest BCUT2D eigenvalue weighted by Crippen LogP contribution is -2.22. The molecule has 12 heavy (non-hydrogen) atoms. The topological polar surface area (TPSA) is 70.0 Å². The first-order chi connectivity index (χ1) is 4.60. The van der Waals surface area contributed by atoms with E-state index in [1.165, 1.54) is 19.3 Å². The van der Waals surface area contributed by atoms with Crippen molar-refractivity contribution in [1.82, 2.24) is 12.3 Å². The minimum Gasteiger partial charge on any atom is -0.344 e. The van der Waals surface area contributed by atoms with Crippen LogP contribution in [0.3, 0.4) is 0 Å². The van der Waals surface area contributed by atoms with Gasteiger partial charge >= 0.3 is 0 Å². The molecule has 0 aliphatic carbocycles. The van der Waals surface area contributed by atoms with Gasteiger partial charge in [0.2, 0.25) is 0 Å². The van der Waals surface area contributed by atoms with Gasteiger partial charge in [-0.3, -0.25) is 0 Å². The maximum atomic E-state index is 2.40. The molecule has 0 radical (unpaired) electrons. The summed E-state index contributed by atoms with van der Waals surface area (Å²) in [5, 5.41) is 0. The van der Waals surface area contributed by atoms with E-state index in [4.69, 9.17) is 0 Å². The Hall–Kier alpha value is -0.0800. The summed E-state index contributed by atoms with van der Waals surface area (Å²) >= 11 is 0. The van der Waals surface area contributed by atoms with E-state index >= 15 is 0 Å². The van der Waals surface area contributed by atoms with Gasteiger partial charge in [0, 0.05) is 0 Å². The molecule has 0 aliphatic rings. The second-order valence-electron chi connectivity index (χ2n) is 3.67. The fraction of sp³-hybridized carbons (Fsp3) is 1.00. The summed E-state index contributed by atoms with van der Waals surface area (Å²) in [4.78, 5) is 0. The molecule has 0 amide bonds. The Morgan fingerprint density at radius 1 is 1.00 bits per heavy atom. The molecule has 0 saturated carbocycles. The number of rotatable bonds is 4. The third-order valence-corrected chi connectivity index (χ3v) is 3.42. The Morgan fingerprint density at radius 3 is 1.42 bits per heavy atom. The van der Waals surface area contributed by atoms with Gasteiger partial charge < -0.3 is 12.3 Å². The molecule has 78 valence electrons. The average Bonchev–Trinajstić information content (AvgIpc) is 2.01. The van der Waals surface area contributed by atoms with Gasteiger partial charge in [0.25, 0.3) is 0 Å². The van der Waals surface area contributed by atoms with Crippen molar-refractivity contribution in [3.63, 3.8) is 0 Å². The molecule has 0 aromatic heterocycles. The standard InChI is InChI=1S/C10H22.2H3N/c1-6-9(4)10(5,7-2)8-3;;/h9H,6-8H2,1-5H3;2*1H3. The largest absolute Gasteiger partial charge is 0.344 e. The van der Waals surface area contributed by atoms with E-state index in [0.717, 1.165) is 5.92 Å². The van der Waals surface area contributed by atoms with Gasteiger partial charge in [-0.15, -0.1) is 0 Å². The van der Waals surface area contributed by atoms with Crippen molar-refractivity contribution in [2.75, 3.05) is 0 Å². The molecule has 1 atom stereocenters. The summed E-state index contributed by atoms with van der Waals surface area (Å²) in [7, 11) is 0. The first kappa shape index (κ1) is 17.9. The van der Waals surface area contributed by atoms with Crippen LogP contribution in [0.25, 0.3) is 0 Å². The predicted molar refractivity (Wildman–Crippen MR) is 58.2 cm³/mol. The minimum atomic E-state index is 0. The van der Waals surface area contributed by atoms with Crippen molar-refractivity contribution in [3.8, 4) is 0 Å². The van der Waals surface area contributed by atoms with Crippen LogP contribution in [-0.4, -0.2) is 0 Å². The lowest BCUT2D eigenvalue weighted by atomic mass is 9.73. The summed E-state index contributed by atoms with van der Waals surface area (Å²) in [6.07, 6.45) is 3.95. The molecule has 1 unspecified atom stereocenters. The van der Waals surface area contributed by atoms with E-state index in [9.17, 15) is 0 Å². The molecular weight excluding hydrogens is 148 g/mol. The summed E-state index contributed by atoms with van der Waals surface area (Å²) < 4.78 is 0. The summed E-state index contributed by atoms with van der Waals surface area (Å²) in [6.45, 7) is 11.7. The van der Waals surface area contributed by atoms with Gasteiger partial charge in [-0.05, 0) is 11.3 Å². The van der Waals surface area contributed by atoms with Crippen molar-refractivity contribution >= 4 is 0 Å². The third-order valence-electron chi connectivity index (χ3n) is 3.42. The van der Waals surface area contributed by atoms with Gasteiger partial charge in [0.15, 0.2) is 0 Å². The molecule has 6 N–H and O–H groups in total. The molecule has 0 bridgehead atoms. The Bertz CT molecular complexity index is 87.8. The summed E-state index contributed by atoms with van der Waals surface area (Å²) in [5.41, 5.74) is 0.592. The molecule has 0 aromatic rings. The second-order valence-corrected chi connectivity index (χ2v) is 3.67. The molecule has 0 rings (SSSR count). The smallest absolute Gasteiger partial charge is 0.0305 e. The van der Waals surface area contributed by atoms with Crippen LogP contribution in [0.4, 0.5) is 0 Å². The van der Waals surface area contributed by atoms with Crippen LogP contribution in [0.2, 0.25) is 0 Å². The van der Waals surface area contributed by atoms with Crippen LogP contribution in [0.5, 0.6) is 0 Å². The Kier molecular flexibility index (Phi) is 11.3. The first-order valence-electron chi connectivity index (χ1n) is 4.60. The summed E-state index contributed by atoms with van der Waals surface area (Å²) in [6, 6.07) is 0. The highest BCUT2D eigenvalue weighted by Gasteiger charge is 2.25. The van der Waals surface area contributed by atoms with Gasteiger partial charge in [-0.25, -0.2) is 0 Å². The second kappa shape index (κ2) is 7.56. The highest BCUT2D eigenvalue weighted by Crippen LogP contribution is 2.35. The quantitative estimate of drug-likeness (QED) is 0.674. The monoisotopic (exact) mass is 176 g/mol. The lowest BCUT2D eigenvalue weighted by Gasteiger charge is -2.33. The maximum absolute atomic E-state index is 2.40. The van der Waals surface area contributed by atoms with Gasteiger partial charge in [0.1, 0.15) is 0 Å². The van der Waals surface area contributed by atoms with Crippen molar-refractivity contribution < 1.29 is 0 Å². The zero-order valence-electron chi connectivity index (χ0n) is 9.61. The zero-order chi connectivity index (χ0) is 8.20. The van der Waals surface area contributed by atoms with Crippen molar-refractivity contribution in [2.45, 2.75) is 53.9 Å². The average molecular weight is 176 g/mol. The molecule has 0 fully saturated rings. The fourth-order valence-corrected chi connectivity index (χ4v) is 1.44. The van der Waals surface area contributed by atoms with Crippen LogP contribution >= 0.6 is 0 Å². The van der Waals surface area contributed by atoms with Crippen LogP contribution in [0.1, 0.15) is 53.9 Å². The SMILES string of the molecule is CCC(C)C(C)(CC)CC.N.N. The predicted octanol–water partition coefficient (Wildman–Crippen LogP) is 4.18. The van der Waals surface area contributed by atoms with Gasteiger partial charge in [-0.1, -0.05) is 53.9 Å². The summed E-state index contributed by atoms with van der Waals surface area (Å²) in [5.74, 6) is 0.877. The molecule has 2 nitrogen and oxygen atoms in total. The van der Waals surface area contributed by atoms with Crippen LogP contribution < -0.4 is 12.3 Å². The van der Waals surface area contributed by atoms with E-state index in [0.29, 0.717) is 5.41 Å². The normalized spacial score (nSPS) is 12.8. The van der Waals surface area contributed by atoms with E-state index in [1.807, 2.05) is 0 Å². The Labute approximate surface area is 78.3 Å². The third kappa shape index (κ3) is 4.07. The van der Waals surface area contributed by atoms with Crippen molar-refractivity contribution in [3.05, 3.63) is 0 Å². The van der Waals surface area contributed by atoms with Crippen LogP contribution in [0.15, 0.2) is 0 Å².